The van der Waals surface area contributed by atoms with E-state index in [1.54, 1.807) is 6.20 Å². The molecule has 1 fully saturated rings. The molecule has 0 bridgehead atoms. The van der Waals surface area contributed by atoms with Gasteiger partial charge in [0.05, 0.1) is 0 Å². The lowest BCUT2D eigenvalue weighted by Crippen LogP contribution is -2.41. The van der Waals surface area contributed by atoms with Gasteiger partial charge in [-0.2, -0.15) is 0 Å². The molecular formula is C20H23N3O2. The molecule has 2 aromatic heterocycles. The molecule has 1 saturated heterocycles. The van der Waals surface area contributed by atoms with Crippen LogP contribution in [-0.4, -0.2) is 33.9 Å². The number of nitrogens with one attached hydrogen (secondary N) is 1. The van der Waals surface area contributed by atoms with Crippen LogP contribution >= 0.6 is 0 Å². The quantitative estimate of drug-likeness (QED) is 0.857. The van der Waals surface area contributed by atoms with Crippen LogP contribution in [0.2, 0.25) is 0 Å². The van der Waals surface area contributed by atoms with Gasteiger partial charge in [-0.25, -0.2) is 0 Å². The first-order valence-corrected chi connectivity index (χ1v) is 9.14. The fraction of sp³-hybridized carbons (Fsp3) is 0.450. The van der Waals surface area contributed by atoms with E-state index in [-0.39, 0.29) is 11.5 Å². The highest BCUT2D eigenvalue weighted by atomic mass is 16.2. The van der Waals surface area contributed by atoms with E-state index >= 15 is 0 Å². The molecule has 3 heterocycles. The Balaban J connectivity index is 1.46. The molecular weight excluding hydrogens is 314 g/mol. The maximum atomic E-state index is 12.7. The lowest BCUT2D eigenvalue weighted by molar-refractivity contribution is -0.136. The molecule has 4 rings (SSSR count). The minimum atomic E-state index is -0.124. The molecule has 130 valence electrons. The van der Waals surface area contributed by atoms with E-state index in [0.29, 0.717) is 17.3 Å². The smallest absolute Gasteiger partial charge is 0.274 e. The predicted molar refractivity (Wildman–Crippen MR) is 97.4 cm³/mol. The average molecular weight is 337 g/mol. The number of rotatable bonds is 2. The summed E-state index contributed by atoms with van der Waals surface area (Å²) in [7, 11) is 0. The van der Waals surface area contributed by atoms with Crippen molar-refractivity contribution in [2.75, 3.05) is 13.1 Å². The Labute approximate surface area is 146 Å². The minimum Gasteiger partial charge on any atom is -0.342 e. The summed E-state index contributed by atoms with van der Waals surface area (Å²) in [6.07, 6.45) is 10.6. The van der Waals surface area contributed by atoms with Crippen LogP contribution in [-0.2, 0) is 4.79 Å². The molecule has 5 nitrogen and oxygen atoms in total. The van der Waals surface area contributed by atoms with Crippen molar-refractivity contribution in [3.8, 4) is 0 Å². The van der Waals surface area contributed by atoms with E-state index in [4.69, 9.17) is 0 Å². The van der Waals surface area contributed by atoms with Crippen molar-refractivity contribution in [1.29, 1.82) is 0 Å². The van der Waals surface area contributed by atoms with Crippen molar-refractivity contribution in [3.63, 3.8) is 0 Å². The number of nitrogens with zero attached hydrogens (tertiary/aromatic N) is 2. The van der Waals surface area contributed by atoms with Crippen LogP contribution in [0.4, 0.5) is 0 Å². The zero-order chi connectivity index (χ0) is 17.2. The number of hydrogen-bond donors (Lipinski definition) is 1. The number of allylic oxidation sites excluding steroid dienone is 2. The predicted octanol–water partition coefficient (Wildman–Crippen LogP) is 2.99. The number of fused-ring (bicyclic) bond motifs is 1. The number of hydrogen-bond acceptors (Lipinski definition) is 3. The average Bonchev–Trinajstić information content (AvgIpc) is 2.68. The Hall–Kier alpha value is -2.43. The van der Waals surface area contributed by atoms with E-state index in [2.05, 4.69) is 22.1 Å². The molecule has 1 amide bonds. The Kier molecular flexibility index (Phi) is 4.38. The zero-order valence-electron chi connectivity index (χ0n) is 14.3. The Morgan fingerprint density at radius 2 is 2.04 bits per heavy atom. The van der Waals surface area contributed by atoms with Crippen molar-refractivity contribution in [2.24, 2.45) is 5.92 Å². The zero-order valence-corrected chi connectivity index (χ0v) is 14.3. The molecule has 0 saturated carbocycles. The largest absolute Gasteiger partial charge is 0.342 e. The van der Waals surface area contributed by atoms with Crippen LogP contribution in [0.1, 0.15) is 43.7 Å². The maximum absolute atomic E-state index is 12.7. The van der Waals surface area contributed by atoms with Crippen molar-refractivity contribution in [3.05, 3.63) is 52.6 Å². The molecule has 25 heavy (non-hydrogen) atoms. The third-order valence-corrected chi connectivity index (χ3v) is 5.49. The summed E-state index contributed by atoms with van der Waals surface area (Å²) < 4.78 is 0. The van der Waals surface area contributed by atoms with E-state index in [9.17, 15) is 9.59 Å². The number of aromatic amines is 1. The Morgan fingerprint density at radius 1 is 1.20 bits per heavy atom. The van der Waals surface area contributed by atoms with Gasteiger partial charge in [-0.1, -0.05) is 18.2 Å². The standard InChI is InChI=1S/C20H23N3O2/c24-19-18-16(7-4-10-21-18)13-17(22-19)14-8-11-23(12-9-14)20(25)15-5-2-1-3-6-15/h1-2,4,7,10,13-15H,3,5-6,8-9,11-12H2,(H,22,24)/t15-/m1/s1. The molecule has 1 N–H and O–H groups in total. The van der Waals surface area contributed by atoms with Gasteiger partial charge >= 0.3 is 0 Å². The number of piperidine rings is 1. The van der Waals surface area contributed by atoms with Crippen molar-refractivity contribution in [2.45, 2.75) is 38.0 Å². The highest BCUT2D eigenvalue weighted by Crippen LogP contribution is 2.29. The topological polar surface area (TPSA) is 66.1 Å². The minimum absolute atomic E-state index is 0.124. The Bertz CT molecular complexity index is 863. The number of carbonyl (C=O) groups is 1. The molecule has 5 heteroatoms. The summed E-state index contributed by atoms with van der Waals surface area (Å²) in [5, 5.41) is 0.883. The van der Waals surface area contributed by atoms with Crippen LogP contribution < -0.4 is 5.56 Å². The van der Waals surface area contributed by atoms with E-state index < -0.39 is 0 Å². The molecule has 0 radical (unpaired) electrons. The summed E-state index contributed by atoms with van der Waals surface area (Å²) in [6.45, 7) is 1.55. The van der Waals surface area contributed by atoms with Gasteiger partial charge in [-0.3, -0.25) is 14.6 Å². The van der Waals surface area contributed by atoms with Crippen LogP contribution in [0, 0.1) is 5.92 Å². The lowest BCUT2D eigenvalue weighted by Gasteiger charge is -2.34. The third kappa shape index (κ3) is 3.23. The fourth-order valence-electron chi connectivity index (χ4n) is 4.02. The number of amides is 1. The second-order valence-electron chi connectivity index (χ2n) is 7.08. The number of carbonyl (C=O) groups excluding carboxylic acids is 1. The first-order valence-electron chi connectivity index (χ1n) is 9.14. The first-order chi connectivity index (χ1) is 12.2. The second kappa shape index (κ2) is 6.82. The second-order valence-corrected chi connectivity index (χ2v) is 7.08. The van der Waals surface area contributed by atoms with Crippen LogP contribution in [0.3, 0.4) is 0 Å². The fourth-order valence-corrected chi connectivity index (χ4v) is 4.02. The molecule has 1 aliphatic heterocycles. The molecule has 2 aromatic rings. The van der Waals surface area contributed by atoms with Crippen molar-refractivity contribution < 1.29 is 4.79 Å². The van der Waals surface area contributed by atoms with Gasteiger partial charge in [0.2, 0.25) is 5.91 Å². The number of pyridine rings is 2. The number of aromatic nitrogens is 2. The van der Waals surface area contributed by atoms with E-state index in [0.717, 1.165) is 56.3 Å². The van der Waals surface area contributed by atoms with Gasteiger partial charge in [0.15, 0.2) is 0 Å². The molecule has 0 unspecified atom stereocenters. The van der Waals surface area contributed by atoms with Gasteiger partial charge in [-0.05, 0) is 44.2 Å². The lowest BCUT2D eigenvalue weighted by atomic mass is 9.89. The number of H-pyrrole nitrogens is 1. The highest BCUT2D eigenvalue weighted by Gasteiger charge is 2.29. The Morgan fingerprint density at radius 3 is 2.80 bits per heavy atom. The highest BCUT2D eigenvalue weighted by molar-refractivity contribution is 5.79. The third-order valence-electron chi connectivity index (χ3n) is 5.49. The summed E-state index contributed by atoms with van der Waals surface area (Å²) in [4.78, 5) is 34.0. The van der Waals surface area contributed by atoms with Gasteiger partial charge in [0.1, 0.15) is 5.52 Å². The maximum Gasteiger partial charge on any atom is 0.274 e. The monoisotopic (exact) mass is 337 g/mol. The van der Waals surface area contributed by atoms with Crippen LogP contribution in [0.15, 0.2) is 41.3 Å². The molecule has 2 aliphatic rings. The molecule has 0 spiro atoms. The SMILES string of the molecule is O=C([C@@H]1CC=CCC1)N1CCC(c2cc3cccnc3c(=O)[nH]2)CC1. The summed E-state index contributed by atoms with van der Waals surface area (Å²) in [5.41, 5.74) is 1.34. The molecule has 0 aromatic carbocycles. The van der Waals surface area contributed by atoms with Gasteiger partial charge in [0.25, 0.3) is 5.56 Å². The number of likely N-dealkylation sites (tertiary alicyclic amines) is 1. The molecule has 1 aliphatic carbocycles. The molecule has 1 atom stereocenters. The van der Waals surface area contributed by atoms with E-state index in [1.165, 1.54) is 0 Å². The van der Waals surface area contributed by atoms with E-state index in [1.807, 2.05) is 23.1 Å². The first kappa shape index (κ1) is 16.1. The van der Waals surface area contributed by atoms with Crippen molar-refractivity contribution >= 4 is 16.8 Å². The summed E-state index contributed by atoms with van der Waals surface area (Å²) in [6, 6.07) is 5.82. The van der Waals surface area contributed by atoms with Crippen LogP contribution in [0.25, 0.3) is 10.9 Å². The summed E-state index contributed by atoms with van der Waals surface area (Å²) in [5.74, 6) is 0.764. The van der Waals surface area contributed by atoms with Gasteiger partial charge in [0, 0.05) is 42.2 Å². The van der Waals surface area contributed by atoms with Gasteiger partial charge < -0.3 is 9.88 Å². The van der Waals surface area contributed by atoms with Crippen LogP contribution in [0.5, 0.6) is 0 Å². The van der Waals surface area contributed by atoms with Crippen molar-refractivity contribution in [1.82, 2.24) is 14.9 Å². The summed E-state index contributed by atoms with van der Waals surface area (Å²) >= 11 is 0. The van der Waals surface area contributed by atoms with Gasteiger partial charge in [-0.15, -0.1) is 0 Å². The normalized spacial score (nSPS) is 21.6.